The first-order valence-corrected chi connectivity index (χ1v) is 7.09. The van der Waals surface area contributed by atoms with E-state index in [0.717, 1.165) is 11.1 Å². The van der Waals surface area contributed by atoms with Crippen molar-refractivity contribution < 1.29 is 23.8 Å². The van der Waals surface area contributed by atoms with E-state index in [9.17, 15) is 9.59 Å². The Kier molecular flexibility index (Phi) is 4.18. The lowest BCUT2D eigenvalue weighted by Crippen LogP contribution is -1.99. The largest absolute Gasteiger partial charge is 0.487 e. The number of rotatable bonds is 3. The number of carbonyl (C=O) groups excluding carboxylic acids is 2. The number of hydrogen-bond acceptors (Lipinski definition) is 6. The van der Waals surface area contributed by atoms with Gasteiger partial charge in [-0.2, -0.15) is 0 Å². The molecule has 1 aliphatic rings. The molecule has 1 aromatic rings. The van der Waals surface area contributed by atoms with E-state index in [1.807, 2.05) is 0 Å². The van der Waals surface area contributed by atoms with Crippen LogP contribution in [0.4, 0.5) is 0 Å². The van der Waals surface area contributed by atoms with E-state index in [0.29, 0.717) is 26.8 Å². The van der Waals surface area contributed by atoms with Crippen LogP contribution in [0, 0.1) is 0 Å². The van der Waals surface area contributed by atoms with Crippen LogP contribution in [-0.2, 0) is 14.3 Å². The summed E-state index contributed by atoms with van der Waals surface area (Å²) in [5.74, 6) is -1.23. The SMILES string of the molecule is COc1cc(C(C)=C2C(=O)OC(=O)C2=C(C)C)c(OC)s1. The molecule has 0 unspecified atom stereocenters. The van der Waals surface area contributed by atoms with Crippen LogP contribution in [0.1, 0.15) is 26.3 Å². The van der Waals surface area contributed by atoms with Gasteiger partial charge in [0.2, 0.25) is 0 Å². The highest BCUT2D eigenvalue weighted by Gasteiger charge is 2.36. The summed E-state index contributed by atoms with van der Waals surface area (Å²) in [5.41, 5.74) is 2.71. The quantitative estimate of drug-likeness (QED) is 0.488. The van der Waals surface area contributed by atoms with Crippen LogP contribution in [0.25, 0.3) is 5.57 Å². The molecule has 0 amide bonds. The van der Waals surface area contributed by atoms with Gasteiger partial charge in [-0.3, -0.25) is 0 Å². The summed E-state index contributed by atoms with van der Waals surface area (Å²) in [7, 11) is 3.11. The second-order valence-electron chi connectivity index (χ2n) is 4.73. The van der Waals surface area contributed by atoms with Gasteiger partial charge in [0.25, 0.3) is 0 Å². The summed E-state index contributed by atoms with van der Waals surface area (Å²) in [6.07, 6.45) is 0. The smallest absolute Gasteiger partial charge is 0.347 e. The van der Waals surface area contributed by atoms with Gasteiger partial charge in [0.15, 0.2) is 10.1 Å². The molecule has 1 saturated heterocycles. The lowest BCUT2D eigenvalue weighted by molar-refractivity contribution is -0.149. The number of hydrogen-bond donors (Lipinski definition) is 0. The van der Waals surface area contributed by atoms with Gasteiger partial charge in [-0.25, -0.2) is 9.59 Å². The molecule has 2 rings (SSSR count). The fourth-order valence-corrected chi connectivity index (χ4v) is 3.03. The van der Waals surface area contributed by atoms with Gasteiger partial charge in [0, 0.05) is 11.6 Å². The topological polar surface area (TPSA) is 61.8 Å². The Balaban J connectivity index is 2.67. The van der Waals surface area contributed by atoms with E-state index in [-0.39, 0.29) is 0 Å². The van der Waals surface area contributed by atoms with Gasteiger partial charge in [-0.15, -0.1) is 0 Å². The number of ether oxygens (including phenoxy) is 3. The number of thiophene rings is 1. The summed E-state index contributed by atoms with van der Waals surface area (Å²) < 4.78 is 15.2. The predicted octanol–water partition coefficient (Wildman–Crippen LogP) is 2.96. The second-order valence-corrected chi connectivity index (χ2v) is 5.70. The first kappa shape index (κ1) is 15.3. The van der Waals surface area contributed by atoms with Crippen LogP contribution in [-0.4, -0.2) is 26.2 Å². The number of cyclic esters (lactones) is 2. The van der Waals surface area contributed by atoms with Crippen molar-refractivity contribution in [1.29, 1.82) is 0 Å². The third-order valence-corrected chi connectivity index (χ3v) is 4.24. The zero-order valence-corrected chi connectivity index (χ0v) is 13.3. The van der Waals surface area contributed by atoms with Gasteiger partial charge >= 0.3 is 11.9 Å². The lowest BCUT2D eigenvalue weighted by Gasteiger charge is -2.06. The minimum atomic E-state index is -0.624. The molecule has 1 aromatic heterocycles. The Hall–Kier alpha value is -2.08. The average Bonchev–Trinajstić information content (AvgIpc) is 2.98. The molecule has 1 fully saturated rings. The average molecular weight is 308 g/mol. The molecule has 0 aliphatic carbocycles. The van der Waals surface area contributed by atoms with Crippen molar-refractivity contribution in [2.45, 2.75) is 20.8 Å². The molecule has 0 bridgehead atoms. The van der Waals surface area contributed by atoms with Crippen molar-refractivity contribution in [1.82, 2.24) is 0 Å². The monoisotopic (exact) mass is 308 g/mol. The van der Waals surface area contributed by atoms with Crippen LogP contribution in [0.2, 0.25) is 0 Å². The molecular formula is C15H16O5S. The zero-order chi connectivity index (χ0) is 15.7. The highest BCUT2D eigenvalue weighted by atomic mass is 32.1. The van der Waals surface area contributed by atoms with Crippen molar-refractivity contribution in [2.24, 2.45) is 0 Å². The molecule has 0 atom stereocenters. The summed E-state index contributed by atoms with van der Waals surface area (Å²) in [4.78, 5) is 23.8. The van der Waals surface area contributed by atoms with Crippen molar-refractivity contribution in [3.63, 3.8) is 0 Å². The van der Waals surface area contributed by atoms with E-state index in [1.54, 1.807) is 41.1 Å². The van der Waals surface area contributed by atoms with E-state index in [2.05, 4.69) is 0 Å². The van der Waals surface area contributed by atoms with Crippen LogP contribution >= 0.6 is 11.3 Å². The van der Waals surface area contributed by atoms with Gasteiger partial charge in [-0.1, -0.05) is 16.9 Å². The van der Waals surface area contributed by atoms with Crippen molar-refractivity contribution >= 4 is 28.8 Å². The number of methoxy groups -OCH3 is 2. The fraction of sp³-hybridized carbons (Fsp3) is 0.333. The maximum atomic E-state index is 12.0. The minimum Gasteiger partial charge on any atom is -0.487 e. The van der Waals surface area contributed by atoms with Crippen LogP contribution in [0.15, 0.2) is 22.8 Å². The van der Waals surface area contributed by atoms with Crippen LogP contribution < -0.4 is 9.47 Å². The summed E-state index contributed by atoms with van der Waals surface area (Å²) in [5, 5.41) is 1.29. The van der Waals surface area contributed by atoms with Gasteiger partial charge < -0.3 is 14.2 Å². The Morgan fingerprint density at radius 1 is 1.05 bits per heavy atom. The summed E-state index contributed by atoms with van der Waals surface area (Å²) in [6.45, 7) is 5.31. The molecule has 6 heteroatoms. The van der Waals surface area contributed by atoms with E-state index < -0.39 is 11.9 Å². The molecule has 2 heterocycles. The maximum Gasteiger partial charge on any atom is 0.347 e. The number of esters is 2. The van der Waals surface area contributed by atoms with Crippen LogP contribution in [0.5, 0.6) is 10.1 Å². The Morgan fingerprint density at radius 2 is 1.67 bits per heavy atom. The zero-order valence-electron chi connectivity index (χ0n) is 12.5. The first-order valence-electron chi connectivity index (χ1n) is 6.28. The Bertz CT molecular complexity index is 674. The van der Waals surface area contributed by atoms with E-state index >= 15 is 0 Å². The van der Waals surface area contributed by atoms with Crippen molar-refractivity contribution in [3.8, 4) is 10.1 Å². The van der Waals surface area contributed by atoms with E-state index in [4.69, 9.17) is 14.2 Å². The molecule has 0 aromatic carbocycles. The second kappa shape index (κ2) is 5.73. The molecule has 5 nitrogen and oxygen atoms in total. The Labute approximate surface area is 126 Å². The highest BCUT2D eigenvalue weighted by molar-refractivity contribution is 7.16. The highest BCUT2D eigenvalue weighted by Crippen LogP contribution is 2.42. The minimum absolute atomic E-state index is 0.291. The third-order valence-electron chi connectivity index (χ3n) is 3.18. The Morgan fingerprint density at radius 3 is 2.19 bits per heavy atom. The summed E-state index contributed by atoms with van der Waals surface area (Å²) >= 11 is 1.33. The molecule has 112 valence electrons. The molecule has 0 radical (unpaired) electrons. The molecule has 0 N–H and O–H groups in total. The molecule has 21 heavy (non-hydrogen) atoms. The number of allylic oxidation sites excluding steroid dienone is 2. The normalized spacial score (nSPS) is 16.9. The van der Waals surface area contributed by atoms with Gasteiger partial charge in [-0.05, 0) is 26.3 Å². The molecule has 1 aliphatic heterocycles. The van der Waals surface area contributed by atoms with Crippen LogP contribution in [0.3, 0.4) is 0 Å². The standard InChI is InChI=1S/C15H16O5S/c1-7(2)11-12(14(17)20-13(11)16)8(3)9-6-10(18-4)21-15(9)19-5/h6H,1-5H3. The lowest BCUT2D eigenvalue weighted by atomic mass is 9.96. The van der Waals surface area contributed by atoms with Crippen molar-refractivity contribution in [2.75, 3.05) is 14.2 Å². The predicted molar refractivity (Wildman–Crippen MR) is 79.5 cm³/mol. The molecular weight excluding hydrogens is 292 g/mol. The van der Waals surface area contributed by atoms with Crippen molar-refractivity contribution in [3.05, 3.63) is 28.3 Å². The third kappa shape index (κ3) is 2.58. The first-order chi connectivity index (χ1) is 9.90. The van der Waals surface area contributed by atoms with Gasteiger partial charge in [0.1, 0.15) is 0 Å². The molecule has 0 saturated carbocycles. The van der Waals surface area contributed by atoms with Gasteiger partial charge in [0.05, 0.1) is 25.4 Å². The summed E-state index contributed by atoms with van der Waals surface area (Å²) in [6, 6.07) is 1.78. The fourth-order valence-electron chi connectivity index (χ4n) is 2.19. The number of carbonyl (C=O) groups is 2. The molecule has 0 spiro atoms. The van der Waals surface area contributed by atoms with E-state index in [1.165, 1.54) is 11.3 Å². The maximum absolute atomic E-state index is 12.0.